The van der Waals surface area contributed by atoms with Crippen molar-refractivity contribution in [3.63, 3.8) is 0 Å². The second kappa shape index (κ2) is 7.38. The molecule has 1 atom stereocenters. The lowest BCUT2D eigenvalue weighted by molar-refractivity contribution is 0.317. The van der Waals surface area contributed by atoms with Crippen LogP contribution in [0.4, 0.5) is 5.82 Å². The number of halogens is 1. The largest absolute Gasteiger partial charge is 0.490 e. The fourth-order valence-electron chi connectivity index (χ4n) is 1.28. The Hall–Kier alpha value is -0.960. The Bertz CT molecular complexity index is 331. The minimum Gasteiger partial charge on any atom is -0.490 e. The molecule has 0 aliphatic rings. The smallest absolute Gasteiger partial charge is 0.168 e. The highest BCUT2D eigenvalue weighted by atomic mass is 35.5. The van der Waals surface area contributed by atoms with Gasteiger partial charge in [0, 0.05) is 12.7 Å². The van der Waals surface area contributed by atoms with Crippen LogP contribution in [0.2, 0.25) is 0 Å². The number of alkyl halides is 1. The van der Waals surface area contributed by atoms with E-state index in [1.807, 2.05) is 12.1 Å². The van der Waals surface area contributed by atoms with E-state index in [-0.39, 0.29) is 5.38 Å². The van der Waals surface area contributed by atoms with Crippen LogP contribution in [0.5, 0.6) is 5.75 Å². The fourth-order valence-corrected chi connectivity index (χ4v) is 1.36. The number of hydrogen-bond acceptors (Lipinski definition) is 3. The van der Waals surface area contributed by atoms with Gasteiger partial charge in [-0.25, -0.2) is 4.98 Å². The van der Waals surface area contributed by atoms with Gasteiger partial charge in [0.2, 0.25) is 0 Å². The van der Waals surface area contributed by atoms with Gasteiger partial charge in [0.05, 0.1) is 12.0 Å². The summed E-state index contributed by atoms with van der Waals surface area (Å²) in [4.78, 5) is 4.27. The minimum absolute atomic E-state index is 0.0935. The highest BCUT2D eigenvalue weighted by molar-refractivity contribution is 6.21. The number of ether oxygens (including phenoxy) is 1. The number of anilines is 1. The molecule has 1 aromatic rings. The summed E-state index contributed by atoms with van der Waals surface area (Å²) in [6, 6.07) is 3.79. The zero-order chi connectivity index (χ0) is 12.7. The number of nitrogens with one attached hydrogen (secondary N) is 1. The van der Waals surface area contributed by atoms with E-state index in [4.69, 9.17) is 16.3 Å². The average Bonchev–Trinajstić information content (AvgIpc) is 2.34. The van der Waals surface area contributed by atoms with Crippen LogP contribution in [-0.2, 0) is 0 Å². The summed E-state index contributed by atoms with van der Waals surface area (Å²) in [6.45, 7) is 7.68. The molecule has 0 spiro atoms. The summed E-state index contributed by atoms with van der Waals surface area (Å²) < 4.78 is 5.61. The van der Waals surface area contributed by atoms with E-state index in [9.17, 15) is 0 Å². The first-order valence-electron chi connectivity index (χ1n) is 6.11. The van der Waals surface area contributed by atoms with Crippen LogP contribution in [0.15, 0.2) is 18.3 Å². The SMILES string of the molecule is CCCOc1cccnc1NCC(Cl)C(C)C. The monoisotopic (exact) mass is 256 g/mol. The number of nitrogens with zero attached hydrogens (tertiary/aromatic N) is 1. The van der Waals surface area contributed by atoms with Crippen molar-refractivity contribution in [1.29, 1.82) is 0 Å². The predicted octanol–water partition coefficient (Wildman–Crippen LogP) is 3.55. The van der Waals surface area contributed by atoms with Crippen molar-refractivity contribution >= 4 is 17.4 Å². The van der Waals surface area contributed by atoms with E-state index in [1.54, 1.807) is 6.20 Å². The topological polar surface area (TPSA) is 34.1 Å². The molecule has 0 fully saturated rings. The Morgan fingerprint density at radius 1 is 1.47 bits per heavy atom. The standard InChI is InChI=1S/C13H21ClN2O/c1-4-8-17-12-6-5-7-15-13(12)16-9-11(14)10(2)3/h5-7,10-11H,4,8-9H2,1-3H3,(H,15,16). The van der Waals surface area contributed by atoms with Gasteiger partial charge in [-0.2, -0.15) is 0 Å². The maximum absolute atomic E-state index is 6.19. The fraction of sp³-hybridized carbons (Fsp3) is 0.615. The number of hydrogen-bond donors (Lipinski definition) is 1. The lowest BCUT2D eigenvalue weighted by atomic mass is 10.1. The molecule has 96 valence electrons. The second-order valence-corrected chi connectivity index (χ2v) is 4.90. The predicted molar refractivity (Wildman–Crippen MR) is 73.0 cm³/mol. The van der Waals surface area contributed by atoms with E-state index < -0.39 is 0 Å². The molecule has 4 heteroatoms. The van der Waals surface area contributed by atoms with E-state index in [2.05, 4.69) is 31.1 Å². The van der Waals surface area contributed by atoms with Gasteiger partial charge in [0.15, 0.2) is 11.6 Å². The van der Waals surface area contributed by atoms with Gasteiger partial charge >= 0.3 is 0 Å². The molecule has 1 unspecified atom stereocenters. The van der Waals surface area contributed by atoms with Crippen molar-refractivity contribution < 1.29 is 4.74 Å². The van der Waals surface area contributed by atoms with Gasteiger partial charge in [-0.05, 0) is 24.5 Å². The van der Waals surface area contributed by atoms with Gasteiger partial charge in [0.1, 0.15) is 0 Å². The van der Waals surface area contributed by atoms with Crippen LogP contribution < -0.4 is 10.1 Å². The molecule has 0 aromatic carbocycles. The van der Waals surface area contributed by atoms with Crippen molar-refractivity contribution in [2.24, 2.45) is 5.92 Å². The Labute approximate surface area is 109 Å². The highest BCUT2D eigenvalue weighted by Crippen LogP contribution is 2.21. The molecule has 0 amide bonds. The molecule has 0 saturated carbocycles. The van der Waals surface area contributed by atoms with Gasteiger partial charge in [-0.1, -0.05) is 20.8 Å². The van der Waals surface area contributed by atoms with E-state index >= 15 is 0 Å². The van der Waals surface area contributed by atoms with Gasteiger partial charge < -0.3 is 10.1 Å². The molecule has 0 bridgehead atoms. The molecule has 1 N–H and O–H groups in total. The molecule has 1 rings (SSSR count). The average molecular weight is 257 g/mol. The maximum atomic E-state index is 6.19. The summed E-state index contributed by atoms with van der Waals surface area (Å²) in [6.07, 6.45) is 2.73. The van der Waals surface area contributed by atoms with Crippen molar-refractivity contribution in [3.8, 4) is 5.75 Å². The quantitative estimate of drug-likeness (QED) is 0.758. The lowest BCUT2D eigenvalue weighted by Crippen LogP contribution is -2.20. The Balaban J connectivity index is 2.57. The van der Waals surface area contributed by atoms with Gasteiger partial charge in [-0.3, -0.25) is 0 Å². The Morgan fingerprint density at radius 3 is 2.88 bits per heavy atom. The van der Waals surface area contributed by atoms with Gasteiger partial charge in [0.25, 0.3) is 0 Å². The molecule has 1 heterocycles. The summed E-state index contributed by atoms with van der Waals surface area (Å²) >= 11 is 6.19. The first-order chi connectivity index (χ1) is 8.15. The Kier molecular flexibility index (Phi) is 6.12. The van der Waals surface area contributed by atoms with Crippen molar-refractivity contribution in [1.82, 2.24) is 4.98 Å². The third-order valence-corrected chi connectivity index (χ3v) is 3.08. The normalized spacial score (nSPS) is 12.5. The van der Waals surface area contributed by atoms with Crippen molar-refractivity contribution in [3.05, 3.63) is 18.3 Å². The number of rotatable bonds is 7. The van der Waals surface area contributed by atoms with Crippen LogP contribution in [0, 0.1) is 5.92 Å². The van der Waals surface area contributed by atoms with Gasteiger partial charge in [-0.15, -0.1) is 11.6 Å². The van der Waals surface area contributed by atoms with E-state index in [0.29, 0.717) is 19.1 Å². The third-order valence-electron chi connectivity index (χ3n) is 2.42. The van der Waals surface area contributed by atoms with Crippen LogP contribution in [0.1, 0.15) is 27.2 Å². The van der Waals surface area contributed by atoms with E-state index in [0.717, 1.165) is 18.0 Å². The molecular formula is C13H21ClN2O. The van der Waals surface area contributed by atoms with Crippen LogP contribution in [-0.4, -0.2) is 23.5 Å². The lowest BCUT2D eigenvalue weighted by Gasteiger charge is -2.16. The molecule has 3 nitrogen and oxygen atoms in total. The molecule has 1 aromatic heterocycles. The minimum atomic E-state index is 0.0935. The molecule has 17 heavy (non-hydrogen) atoms. The summed E-state index contributed by atoms with van der Waals surface area (Å²) in [7, 11) is 0. The van der Waals surface area contributed by atoms with E-state index in [1.165, 1.54) is 0 Å². The molecule has 0 saturated heterocycles. The summed E-state index contributed by atoms with van der Waals surface area (Å²) in [5.74, 6) is 2.00. The van der Waals surface area contributed by atoms with Crippen LogP contribution in [0.25, 0.3) is 0 Å². The molecule has 0 aliphatic heterocycles. The zero-order valence-corrected chi connectivity index (χ0v) is 11.5. The Morgan fingerprint density at radius 2 is 2.24 bits per heavy atom. The molecule has 0 aliphatic carbocycles. The molecule has 0 radical (unpaired) electrons. The maximum Gasteiger partial charge on any atom is 0.168 e. The first kappa shape index (κ1) is 14.1. The first-order valence-corrected chi connectivity index (χ1v) is 6.54. The number of aromatic nitrogens is 1. The molecular weight excluding hydrogens is 236 g/mol. The summed E-state index contributed by atoms with van der Waals surface area (Å²) in [5, 5.41) is 3.33. The number of pyridine rings is 1. The highest BCUT2D eigenvalue weighted by Gasteiger charge is 2.11. The zero-order valence-electron chi connectivity index (χ0n) is 10.7. The summed E-state index contributed by atoms with van der Waals surface area (Å²) in [5.41, 5.74) is 0. The van der Waals surface area contributed by atoms with Crippen LogP contribution >= 0.6 is 11.6 Å². The van der Waals surface area contributed by atoms with Crippen molar-refractivity contribution in [2.45, 2.75) is 32.6 Å². The van der Waals surface area contributed by atoms with Crippen LogP contribution in [0.3, 0.4) is 0 Å². The third kappa shape index (κ3) is 4.82. The van der Waals surface area contributed by atoms with Crippen molar-refractivity contribution in [2.75, 3.05) is 18.5 Å². The second-order valence-electron chi connectivity index (χ2n) is 4.34.